The molecule has 0 unspecified atom stereocenters. The molecule has 3 aromatic rings. The molecule has 0 spiro atoms. The second-order valence-electron chi connectivity index (χ2n) is 4.39. The normalized spacial score (nSPS) is 10.8. The molecule has 102 valence electrons. The first-order valence-electron chi connectivity index (χ1n) is 6.13. The van der Waals surface area contributed by atoms with Crippen LogP contribution in [-0.2, 0) is 0 Å². The van der Waals surface area contributed by atoms with Gasteiger partial charge in [0.1, 0.15) is 11.4 Å². The highest BCUT2D eigenvalue weighted by atomic mass is 79.9. The van der Waals surface area contributed by atoms with Crippen LogP contribution in [0.5, 0.6) is 0 Å². The molecule has 0 aliphatic carbocycles. The Morgan fingerprint density at radius 2 is 2.05 bits per heavy atom. The minimum Gasteiger partial charge on any atom is -0.463 e. The van der Waals surface area contributed by atoms with Crippen LogP contribution in [-0.4, -0.2) is 17.0 Å². The van der Waals surface area contributed by atoms with Crippen molar-refractivity contribution in [3.05, 3.63) is 40.7 Å². The molecule has 1 aromatic carbocycles. The maximum atomic E-state index is 5.39. The van der Waals surface area contributed by atoms with Gasteiger partial charge in [-0.2, -0.15) is 4.98 Å². The number of furan rings is 1. The number of aromatic nitrogens is 2. The van der Waals surface area contributed by atoms with Crippen molar-refractivity contribution >= 4 is 44.4 Å². The molecule has 0 atom stereocenters. The lowest BCUT2D eigenvalue weighted by molar-refractivity contribution is 0.614. The van der Waals surface area contributed by atoms with Crippen LogP contribution in [0.2, 0.25) is 0 Å². The molecule has 2 aromatic heterocycles. The van der Waals surface area contributed by atoms with Gasteiger partial charge in [0.05, 0.1) is 10.7 Å². The van der Waals surface area contributed by atoms with E-state index >= 15 is 0 Å². The molecule has 0 fully saturated rings. The molecular weight excluding hydrogens is 320 g/mol. The fraction of sp³-hybridized carbons (Fsp3) is 0.143. The van der Waals surface area contributed by atoms with Gasteiger partial charge in [-0.05, 0) is 41.1 Å². The number of nitrogens with zero attached hydrogens (tertiary/aromatic N) is 2. The van der Waals surface area contributed by atoms with Crippen molar-refractivity contribution in [1.29, 1.82) is 0 Å². The zero-order valence-corrected chi connectivity index (χ0v) is 12.7. The third kappa shape index (κ3) is 2.46. The van der Waals surface area contributed by atoms with Crippen molar-refractivity contribution < 1.29 is 4.42 Å². The Hall–Kier alpha value is -2.08. The Labute approximate surface area is 124 Å². The highest BCUT2D eigenvalue weighted by molar-refractivity contribution is 9.10. The van der Waals surface area contributed by atoms with Gasteiger partial charge in [0, 0.05) is 29.9 Å². The molecule has 0 bridgehead atoms. The van der Waals surface area contributed by atoms with E-state index in [9.17, 15) is 0 Å². The lowest BCUT2D eigenvalue weighted by atomic mass is 10.2. The summed E-state index contributed by atoms with van der Waals surface area (Å²) in [6.07, 6.45) is 1.67. The van der Waals surface area contributed by atoms with Gasteiger partial charge in [-0.3, -0.25) is 0 Å². The van der Waals surface area contributed by atoms with E-state index < -0.39 is 0 Å². The number of hydrogen-bond donors (Lipinski definition) is 2. The van der Waals surface area contributed by atoms with Crippen molar-refractivity contribution in [2.24, 2.45) is 0 Å². The van der Waals surface area contributed by atoms with E-state index in [1.807, 2.05) is 38.2 Å². The Morgan fingerprint density at radius 3 is 2.85 bits per heavy atom. The molecule has 0 radical (unpaired) electrons. The lowest BCUT2D eigenvalue weighted by Crippen LogP contribution is -2.02. The molecule has 20 heavy (non-hydrogen) atoms. The SMILES string of the molecule is CNc1cc(C)nc(Nc2cc(Br)c3occc3c2)n1. The van der Waals surface area contributed by atoms with E-state index in [-0.39, 0.29) is 0 Å². The first-order chi connectivity index (χ1) is 9.65. The van der Waals surface area contributed by atoms with Crippen molar-refractivity contribution in [1.82, 2.24) is 9.97 Å². The highest BCUT2D eigenvalue weighted by Crippen LogP contribution is 2.30. The van der Waals surface area contributed by atoms with Crippen LogP contribution in [0.1, 0.15) is 5.69 Å². The summed E-state index contributed by atoms with van der Waals surface area (Å²) in [6.45, 7) is 1.93. The fourth-order valence-electron chi connectivity index (χ4n) is 1.99. The van der Waals surface area contributed by atoms with E-state index in [1.165, 1.54) is 0 Å². The molecule has 6 heteroatoms. The van der Waals surface area contributed by atoms with E-state index in [2.05, 4.69) is 36.5 Å². The van der Waals surface area contributed by atoms with Gasteiger partial charge in [-0.25, -0.2) is 4.98 Å². The maximum absolute atomic E-state index is 5.39. The maximum Gasteiger partial charge on any atom is 0.229 e. The van der Waals surface area contributed by atoms with E-state index in [0.717, 1.165) is 32.6 Å². The molecule has 0 amide bonds. The topological polar surface area (TPSA) is 63.0 Å². The van der Waals surface area contributed by atoms with Crippen molar-refractivity contribution in [3.8, 4) is 0 Å². The van der Waals surface area contributed by atoms with Crippen LogP contribution in [0.4, 0.5) is 17.5 Å². The predicted octanol–water partition coefficient (Wildman–Crippen LogP) is 4.08. The van der Waals surface area contributed by atoms with E-state index in [0.29, 0.717) is 5.95 Å². The number of fused-ring (bicyclic) bond motifs is 1. The van der Waals surface area contributed by atoms with Gasteiger partial charge in [0.25, 0.3) is 0 Å². The van der Waals surface area contributed by atoms with Crippen LogP contribution < -0.4 is 10.6 Å². The Kier molecular flexibility index (Phi) is 3.31. The molecule has 0 aliphatic rings. The van der Waals surface area contributed by atoms with Gasteiger partial charge in [0.2, 0.25) is 5.95 Å². The molecular formula is C14H13BrN4O. The van der Waals surface area contributed by atoms with Gasteiger partial charge in [-0.15, -0.1) is 0 Å². The Balaban J connectivity index is 1.98. The summed E-state index contributed by atoms with van der Waals surface area (Å²) < 4.78 is 6.29. The summed E-state index contributed by atoms with van der Waals surface area (Å²) in [5.74, 6) is 1.34. The highest BCUT2D eigenvalue weighted by Gasteiger charge is 2.07. The summed E-state index contributed by atoms with van der Waals surface area (Å²) in [4.78, 5) is 8.75. The van der Waals surface area contributed by atoms with E-state index in [4.69, 9.17) is 4.42 Å². The van der Waals surface area contributed by atoms with Crippen LogP contribution in [0.3, 0.4) is 0 Å². The monoisotopic (exact) mass is 332 g/mol. The fourth-order valence-corrected chi connectivity index (χ4v) is 2.56. The average molecular weight is 333 g/mol. The second kappa shape index (κ2) is 5.13. The van der Waals surface area contributed by atoms with Crippen molar-refractivity contribution in [2.75, 3.05) is 17.7 Å². The summed E-state index contributed by atoms with van der Waals surface area (Å²) in [6, 6.07) is 7.74. The lowest BCUT2D eigenvalue weighted by Gasteiger charge is -2.08. The van der Waals surface area contributed by atoms with Crippen LogP contribution in [0.15, 0.2) is 39.4 Å². The zero-order valence-electron chi connectivity index (χ0n) is 11.1. The number of aryl methyl sites for hydroxylation is 1. The molecule has 0 saturated carbocycles. The van der Waals surface area contributed by atoms with Crippen LogP contribution in [0.25, 0.3) is 11.0 Å². The quantitative estimate of drug-likeness (QED) is 0.756. The number of nitrogens with one attached hydrogen (secondary N) is 2. The first kappa shape index (κ1) is 12.9. The summed E-state index contributed by atoms with van der Waals surface area (Å²) in [5.41, 5.74) is 2.63. The predicted molar refractivity (Wildman–Crippen MR) is 83.5 cm³/mol. The van der Waals surface area contributed by atoms with Gasteiger partial charge >= 0.3 is 0 Å². The summed E-state index contributed by atoms with van der Waals surface area (Å²) >= 11 is 3.50. The molecule has 3 rings (SSSR count). The molecule has 0 saturated heterocycles. The number of rotatable bonds is 3. The number of halogens is 1. The minimum absolute atomic E-state index is 0.559. The zero-order chi connectivity index (χ0) is 14.1. The van der Waals surface area contributed by atoms with Crippen LogP contribution >= 0.6 is 15.9 Å². The average Bonchev–Trinajstić information content (AvgIpc) is 2.86. The van der Waals surface area contributed by atoms with Gasteiger partial charge in [0.15, 0.2) is 0 Å². The minimum atomic E-state index is 0.559. The summed E-state index contributed by atoms with van der Waals surface area (Å²) in [7, 11) is 1.83. The number of anilines is 3. The second-order valence-corrected chi connectivity index (χ2v) is 5.24. The standard InChI is InChI=1S/C14H13BrN4O/c1-8-5-12(16-2)19-14(17-8)18-10-6-9-3-4-20-13(9)11(15)7-10/h3-7H,1-2H3,(H2,16,17,18,19). The van der Waals surface area contributed by atoms with Crippen molar-refractivity contribution in [2.45, 2.75) is 6.92 Å². The Morgan fingerprint density at radius 1 is 1.20 bits per heavy atom. The number of benzene rings is 1. The van der Waals surface area contributed by atoms with Gasteiger partial charge in [-0.1, -0.05) is 0 Å². The third-order valence-electron chi connectivity index (χ3n) is 2.87. The molecule has 2 N–H and O–H groups in total. The summed E-state index contributed by atoms with van der Waals surface area (Å²) in [5, 5.41) is 7.24. The Bertz CT molecular complexity index is 769. The number of hydrogen-bond acceptors (Lipinski definition) is 5. The molecule has 2 heterocycles. The van der Waals surface area contributed by atoms with Crippen LogP contribution in [0, 0.1) is 6.92 Å². The van der Waals surface area contributed by atoms with E-state index in [1.54, 1.807) is 6.26 Å². The first-order valence-corrected chi connectivity index (χ1v) is 6.92. The van der Waals surface area contributed by atoms with Crippen molar-refractivity contribution in [3.63, 3.8) is 0 Å². The third-order valence-corrected chi connectivity index (χ3v) is 3.46. The largest absolute Gasteiger partial charge is 0.463 e. The molecule has 5 nitrogen and oxygen atoms in total. The van der Waals surface area contributed by atoms with Gasteiger partial charge < -0.3 is 15.1 Å². The molecule has 0 aliphatic heterocycles. The smallest absolute Gasteiger partial charge is 0.229 e.